The van der Waals surface area contributed by atoms with E-state index in [0.717, 1.165) is 0 Å². The number of amides is 2. The van der Waals surface area contributed by atoms with Gasteiger partial charge in [-0.2, -0.15) is 8.78 Å². The zero-order valence-corrected chi connectivity index (χ0v) is 13.9. The van der Waals surface area contributed by atoms with E-state index >= 15 is 0 Å². The predicted octanol–water partition coefficient (Wildman–Crippen LogP) is 3.62. The Hall–Kier alpha value is -2.67. The second kappa shape index (κ2) is 8.43. The fourth-order valence-corrected chi connectivity index (χ4v) is 2.22. The molecule has 2 rings (SSSR count). The summed E-state index contributed by atoms with van der Waals surface area (Å²) in [7, 11) is 0. The Kier molecular flexibility index (Phi) is 6.30. The van der Waals surface area contributed by atoms with Gasteiger partial charge in [-0.3, -0.25) is 9.59 Å². The number of hydrogen-bond acceptors (Lipinski definition) is 3. The van der Waals surface area contributed by atoms with Gasteiger partial charge in [-0.25, -0.2) is 0 Å². The van der Waals surface area contributed by atoms with Gasteiger partial charge in [-0.1, -0.05) is 29.8 Å². The fourth-order valence-electron chi connectivity index (χ4n) is 2.05. The molecule has 132 valence electrons. The average molecular weight is 369 g/mol. The van der Waals surface area contributed by atoms with Gasteiger partial charge < -0.3 is 15.4 Å². The van der Waals surface area contributed by atoms with Crippen LogP contribution in [-0.4, -0.2) is 25.0 Å². The SMILES string of the molecule is Cc1c(Cl)cccc1NC(=O)CNC(=O)c1ccccc1OC(F)F. The third kappa shape index (κ3) is 5.15. The normalized spacial score (nSPS) is 10.4. The van der Waals surface area contributed by atoms with Gasteiger partial charge in [0.1, 0.15) is 5.75 Å². The van der Waals surface area contributed by atoms with Crippen LogP contribution in [0.5, 0.6) is 5.75 Å². The Bertz CT molecular complexity index is 784. The van der Waals surface area contributed by atoms with Crippen LogP contribution in [0.1, 0.15) is 15.9 Å². The lowest BCUT2D eigenvalue weighted by Gasteiger charge is -2.12. The largest absolute Gasteiger partial charge is 0.434 e. The minimum Gasteiger partial charge on any atom is -0.434 e. The molecule has 0 saturated carbocycles. The zero-order valence-electron chi connectivity index (χ0n) is 13.2. The molecule has 0 aliphatic heterocycles. The molecule has 2 aromatic rings. The number of carbonyl (C=O) groups is 2. The highest BCUT2D eigenvalue weighted by Gasteiger charge is 2.16. The van der Waals surface area contributed by atoms with E-state index in [0.29, 0.717) is 16.3 Å². The quantitative estimate of drug-likeness (QED) is 0.818. The molecular formula is C17H15ClF2N2O3. The van der Waals surface area contributed by atoms with Crippen LogP contribution in [0.3, 0.4) is 0 Å². The third-order valence-electron chi connectivity index (χ3n) is 3.30. The first-order valence-electron chi connectivity index (χ1n) is 7.25. The minimum absolute atomic E-state index is 0.0884. The zero-order chi connectivity index (χ0) is 18.4. The van der Waals surface area contributed by atoms with E-state index in [1.165, 1.54) is 24.3 Å². The molecule has 0 bridgehead atoms. The lowest BCUT2D eigenvalue weighted by molar-refractivity contribution is -0.115. The lowest BCUT2D eigenvalue weighted by atomic mass is 10.2. The Labute approximate surface area is 147 Å². The van der Waals surface area contributed by atoms with Gasteiger partial charge in [-0.15, -0.1) is 0 Å². The summed E-state index contributed by atoms with van der Waals surface area (Å²) in [4.78, 5) is 24.0. The number of halogens is 3. The first-order chi connectivity index (χ1) is 11.9. The number of anilines is 1. The van der Waals surface area contributed by atoms with E-state index in [-0.39, 0.29) is 17.9 Å². The van der Waals surface area contributed by atoms with Crippen molar-refractivity contribution < 1.29 is 23.1 Å². The Balaban J connectivity index is 1.98. The number of carbonyl (C=O) groups excluding carboxylic acids is 2. The van der Waals surface area contributed by atoms with Crippen LogP contribution in [-0.2, 0) is 4.79 Å². The predicted molar refractivity (Wildman–Crippen MR) is 90.2 cm³/mol. The summed E-state index contributed by atoms with van der Waals surface area (Å²) in [5.41, 5.74) is 1.13. The summed E-state index contributed by atoms with van der Waals surface area (Å²) in [6, 6.07) is 10.6. The van der Waals surface area contributed by atoms with Gasteiger partial charge in [0.25, 0.3) is 5.91 Å². The van der Waals surface area contributed by atoms with Gasteiger partial charge >= 0.3 is 6.61 Å². The highest BCUT2D eigenvalue weighted by Crippen LogP contribution is 2.23. The van der Waals surface area contributed by atoms with E-state index in [1.807, 2.05) is 0 Å². The van der Waals surface area contributed by atoms with Gasteiger partial charge in [0.05, 0.1) is 12.1 Å². The summed E-state index contributed by atoms with van der Waals surface area (Å²) in [6.07, 6.45) is 0. The van der Waals surface area contributed by atoms with Crippen molar-refractivity contribution in [3.05, 3.63) is 58.6 Å². The summed E-state index contributed by atoms with van der Waals surface area (Å²) in [6.45, 7) is -1.65. The van der Waals surface area contributed by atoms with E-state index < -0.39 is 18.4 Å². The molecule has 0 aliphatic carbocycles. The van der Waals surface area contributed by atoms with Crippen LogP contribution < -0.4 is 15.4 Å². The standard InChI is InChI=1S/C17H15ClF2N2O3/c1-10-12(18)6-4-7-13(10)22-15(23)9-21-16(24)11-5-2-3-8-14(11)25-17(19)20/h2-8,17H,9H2,1H3,(H,21,24)(H,22,23). The number of nitrogens with one attached hydrogen (secondary N) is 2. The molecule has 2 N–H and O–H groups in total. The van der Waals surface area contributed by atoms with Crippen molar-refractivity contribution in [2.24, 2.45) is 0 Å². The van der Waals surface area contributed by atoms with Gasteiger partial charge in [0, 0.05) is 10.7 Å². The molecule has 2 amide bonds. The van der Waals surface area contributed by atoms with Crippen molar-refractivity contribution in [2.45, 2.75) is 13.5 Å². The van der Waals surface area contributed by atoms with Crippen molar-refractivity contribution in [1.29, 1.82) is 0 Å². The van der Waals surface area contributed by atoms with Gasteiger partial charge in [0.2, 0.25) is 5.91 Å². The molecule has 0 fully saturated rings. The van der Waals surface area contributed by atoms with E-state index in [4.69, 9.17) is 11.6 Å². The Morgan fingerprint density at radius 1 is 1.16 bits per heavy atom. The molecule has 5 nitrogen and oxygen atoms in total. The van der Waals surface area contributed by atoms with Crippen molar-refractivity contribution in [2.75, 3.05) is 11.9 Å². The summed E-state index contributed by atoms with van der Waals surface area (Å²) < 4.78 is 29.0. The summed E-state index contributed by atoms with van der Waals surface area (Å²) in [5.74, 6) is -1.44. The van der Waals surface area contributed by atoms with Crippen LogP contribution in [0.4, 0.5) is 14.5 Å². The van der Waals surface area contributed by atoms with Crippen molar-refractivity contribution in [1.82, 2.24) is 5.32 Å². The van der Waals surface area contributed by atoms with Crippen LogP contribution in [0.2, 0.25) is 5.02 Å². The first-order valence-corrected chi connectivity index (χ1v) is 7.63. The van der Waals surface area contributed by atoms with Crippen molar-refractivity contribution in [3.8, 4) is 5.75 Å². The fraction of sp³-hybridized carbons (Fsp3) is 0.176. The third-order valence-corrected chi connectivity index (χ3v) is 3.71. The molecular weight excluding hydrogens is 354 g/mol. The Morgan fingerprint density at radius 3 is 2.60 bits per heavy atom. The maximum absolute atomic E-state index is 12.4. The number of rotatable bonds is 6. The maximum Gasteiger partial charge on any atom is 0.387 e. The van der Waals surface area contributed by atoms with Crippen LogP contribution >= 0.6 is 11.6 Å². The number of ether oxygens (including phenoxy) is 1. The number of alkyl halides is 2. The van der Waals surface area contributed by atoms with Gasteiger partial charge in [0.15, 0.2) is 0 Å². The number of benzene rings is 2. The monoisotopic (exact) mass is 368 g/mol. The van der Waals surface area contributed by atoms with E-state index in [2.05, 4.69) is 15.4 Å². The highest BCUT2D eigenvalue weighted by molar-refractivity contribution is 6.31. The maximum atomic E-state index is 12.4. The molecule has 8 heteroatoms. The Morgan fingerprint density at radius 2 is 1.88 bits per heavy atom. The number of para-hydroxylation sites is 1. The first kappa shape index (κ1) is 18.7. The minimum atomic E-state index is -3.05. The second-order valence-corrected chi connectivity index (χ2v) is 5.43. The highest BCUT2D eigenvalue weighted by atomic mass is 35.5. The van der Waals surface area contributed by atoms with Crippen LogP contribution in [0.15, 0.2) is 42.5 Å². The molecule has 2 aromatic carbocycles. The summed E-state index contributed by atoms with van der Waals surface area (Å²) >= 11 is 5.97. The van der Waals surface area contributed by atoms with Crippen molar-refractivity contribution in [3.63, 3.8) is 0 Å². The van der Waals surface area contributed by atoms with Gasteiger partial charge in [-0.05, 0) is 36.8 Å². The smallest absolute Gasteiger partial charge is 0.387 e. The molecule has 0 unspecified atom stereocenters. The molecule has 0 spiro atoms. The second-order valence-electron chi connectivity index (χ2n) is 5.02. The molecule has 0 heterocycles. The molecule has 0 aliphatic rings. The molecule has 25 heavy (non-hydrogen) atoms. The van der Waals surface area contributed by atoms with E-state index in [9.17, 15) is 18.4 Å². The van der Waals surface area contributed by atoms with Crippen LogP contribution in [0, 0.1) is 6.92 Å². The lowest BCUT2D eigenvalue weighted by Crippen LogP contribution is -2.33. The van der Waals surface area contributed by atoms with E-state index in [1.54, 1.807) is 25.1 Å². The molecule has 0 saturated heterocycles. The summed E-state index contributed by atoms with van der Waals surface area (Å²) in [5, 5.41) is 5.47. The molecule has 0 aromatic heterocycles. The van der Waals surface area contributed by atoms with Crippen LogP contribution in [0.25, 0.3) is 0 Å². The topological polar surface area (TPSA) is 67.4 Å². The average Bonchev–Trinajstić information content (AvgIpc) is 2.57. The number of hydrogen-bond donors (Lipinski definition) is 2. The molecule has 0 atom stereocenters. The molecule has 0 radical (unpaired) electrons. The van der Waals surface area contributed by atoms with Crippen molar-refractivity contribution >= 4 is 29.1 Å².